The highest BCUT2D eigenvalue weighted by Gasteiger charge is 2.40. The molecule has 1 aliphatic heterocycles. The molecule has 0 radical (unpaired) electrons. The molecule has 10 nitrogen and oxygen atoms in total. The first-order chi connectivity index (χ1) is 13.5. The van der Waals surface area contributed by atoms with E-state index >= 15 is 0 Å². The monoisotopic (exact) mass is 414 g/mol. The van der Waals surface area contributed by atoms with Crippen molar-refractivity contribution in [3.05, 3.63) is 0 Å². The molecule has 1 aliphatic rings. The van der Waals surface area contributed by atoms with Crippen LogP contribution in [0.4, 0.5) is 0 Å². The molecule has 5 unspecified atom stereocenters. The number of aliphatic carboxylic acids is 1. The van der Waals surface area contributed by atoms with Crippen LogP contribution in [0.1, 0.15) is 47.0 Å². The highest BCUT2D eigenvalue weighted by atomic mass is 16.4. The van der Waals surface area contributed by atoms with Gasteiger partial charge in [0, 0.05) is 6.54 Å². The van der Waals surface area contributed by atoms with E-state index in [9.17, 15) is 19.2 Å². The van der Waals surface area contributed by atoms with Crippen LogP contribution in [0.2, 0.25) is 0 Å². The Morgan fingerprint density at radius 3 is 2.28 bits per heavy atom. The van der Waals surface area contributed by atoms with Crippen LogP contribution in [0.15, 0.2) is 0 Å². The first-order valence-electron chi connectivity index (χ1n) is 10.1. The third kappa shape index (κ3) is 6.40. The van der Waals surface area contributed by atoms with Gasteiger partial charge in [-0.2, -0.15) is 0 Å². The Labute approximate surface area is 171 Å². The minimum Gasteiger partial charge on any atom is -0.480 e. The second-order valence-electron chi connectivity index (χ2n) is 7.91. The number of carbonyl (C=O) groups excluding carboxylic acids is 3. The highest BCUT2D eigenvalue weighted by molar-refractivity contribution is 5.94. The molecule has 1 fully saturated rings. The van der Waals surface area contributed by atoms with Crippen LogP contribution in [0.3, 0.4) is 0 Å². The summed E-state index contributed by atoms with van der Waals surface area (Å²) in [6, 6.07) is -3.88. The zero-order valence-electron chi connectivity index (χ0n) is 17.6. The molecular weight excluding hydrogens is 380 g/mol. The number of nitrogens with one attached hydrogen (secondary N) is 2. The van der Waals surface area contributed by atoms with Crippen LogP contribution in [0, 0.1) is 11.8 Å². The van der Waals surface area contributed by atoms with E-state index in [1.165, 1.54) is 4.90 Å². The molecule has 0 aliphatic carbocycles. The average molecular weight is 415 g/mol. The fourth-order valence-corrected chi connectivity index (χ4v) is 3.21. The minimum absolute atomic E-state index is 0.0466. The summed E-state index contributed by atoms with van der Waals surface area (Å²) in [5, 5.41) is 23.1. The molecule has 0 aromatic carbocycles. The molecule has 0 aromatic rings. The predicted octanol–water partition coefficient (Wildman–Crippen LogP) is -0.947. The van der Waals surface area contributed by atoms with Gasteiger partial charge in [0.15, 0.2) is 0 Å². The maximum absolute atomic E-state index is 13.1. The summed E-state index contributed by atoms with van der Waals surface area (Å²) in [6.45, 7) is 6.93. The van der Waals surface area contributed by atoms with E-state index in [4.69, 9.17) is 15.9 Å². The number of aliphatic hydroxyl groups is 1. The smallest absolute Gasteiger partial charge is 0.328 e. The Kier molecular flexibility index (Phi) is 9.51. The van der Waals surface area contributed by atoms with Gasteiger partial charge in [-0.3, -0.25) is 14.4 Å². The quantitative estimate of drug-likeness (QED) is 0.308. The number of carboxylic acids is 1. The first-order valence-corrected chi connectivity index (χ1v) is 10.1. The van der Waals surface area contributed by atoms with Gasteiger partial charge in [-0.1, -0.05) is 34.1 Å². The molecule has 0 saturated carbocycles. The number of likely N-dealkylation sites (tertiary alicyclic amines) is 1. The van der Waals surface area contributed by atoms with Crippen molar-refractivity contribution in [2.45, 2.75) is 71.1 Å². The Balaban J connectivity index is 2.91. The summed E-state index contributed by atoms with van der Waals surface area (Å²) in [4.78, 5) is 50.5. The zero-order chi connectivity index (χ0) is 22.3. The van der Waals surface area contributed by atoms with Crippen molar-refractivity contribution in [3.63, 3.8) is 0 Å². The molecule has 3 amide bonds. The van der Waals surface area contributed by atoms with Crippen LogP contribution in [-0.4, -0.2) is 76.1 Å². The Bertz CT molecular complexity index is 612. The van der Waals surface area contributed by atoms with Crippen molar-refractivity contribution in [2.75, 3.05) is 13.2 Å². The van der Waals surface area contributed by atoms with Gasteiger partial charge in [0.05, 0.1) is 12.6 Å². The van der Waals surface area contributed by atoms with E-state index in [0.29, 0.717) is 19.4 Å². The molecule has 29 heavy (non-hydrogen) atoms. The van der Waals surface area contributed by atoms with Gasteiger partial charge < -0.3 is 31.5 Å². The number of carboxylic acid groups (broad SMARTS) is 1. The summed E-state index contributed by atoms with van der Waals surface area (Å²) in [5.74, 6) is -3.10. The summed E-state index contributed by atoms with van der Waals surface area (Å²) in [6.07, 6.45) is 1.67. The number of hydrogen-bond donors (Lipinski definition) is 5. The van der Waals surface area contributed by atoms with E-state index in [2.05, 4.69) is 10.6 Å². The average Bonchev–Trinajstić information content (AvgIpc) is 3.17. The Hall–Kier alpha value is -2.20. The lowest BCUT2D eigenvalue weighted by Gasteiger charge is -2.32. The third-order valence-corrected chi connectivity index (χ3v) is 5.43. The molecule has 0 bridgehead atoms. The number of carbonyl (C=O) groups is 4. The van der Waals surface area contributed by atoms with Gasteiger partial charge in [0.25, 0.3) is 0 Å². The van der Waals surface area contributed by atoms with Crippen LogP contribution < -0.4 is 16.4 Å². The topological polar surface area (TPSA) is 162 Å². The Morgan fingerprint density at radius 1 is 1.17 bits per heavy atom. The lowest BCUT2D eigenvalue weighted by Crippen LogP contribution is -2.58. The molecule has 1 saturated heterocycles. The number of nitrogens with zero attached hydrogens (tertiary/aromatic N) is 1. The standard InChI is InChI=1S/C19H34N4O6/c1-5-11(4)14(20)17(26)22-15(10(2)3)18(27)23-8-6-7-13(23)16(25)21-12(9-24)19(28)29/h10-15,24H,5-9,20H2,1-4H3,(H,21,25)(H,22,26)(H,28,29). The van der Waals surface area contributed by atoms with E-state index < -0.39 is 54.5 Å². The predicted molar refractivity (Wildman–Crippen MR) is 106 cm³/mol. The molecule has 6 N–H and O–H groups in total. The minimum atomic E-state index is -1.44. The molecule has 0 spiro atoms. The maximum atomic E-state index is 13.1. The SMILES string of the molecule is CCC(C)C(N)C(=O)NC(C(=O)N1CCCC1C(=O)NC(CO)C(=O)O)C(C)C. The fourth-order valence-electron chi connectivity index (χ4n) is 3.21. The summed E-state index contributed by atoms with van der Waals surface area (Å²) in [5.41, 5.74) is 5.97. The van der Waals surface area contributed by atoms with E-state index in [1.54, 1.807) is 13.8 Å². The van der Waals surface area contributed by atoms with E-state index in [0.717, 1.165) is 6.42 Å². The molecule has 1 heterocycles. The molecule has 5 atom stereocenters. The second kappa shape index (κ2) is 11.1. The molecular formula is C19H34N4O6. The molecule has 10 heteroatoms. The molecule has 1 rings (SSSR count). The van der Waals surface area contributed by atoms with Gasteiger partial charge in [-0.15, -0.1) is 0 Å². The number of nitrogens with two attached hydrogens (primary N) is 1. The van der Waals surface area contributed by atoms with Gasteiger partial charge in [-0.25, -0.2) is 4.79 Å². The summed E-state index contributed by atoms with van der Waals surface area (Å²) >= 11 is 0. The first kappa shape index (κ1) is 24.8. The molecule has 166 valence electrons. The van der Waals surface area contributed by atoms with Crippen molar-refractivity contribution in [3.8, 4) is 0 Å². The number of hydrogen-bond acceptors (Lipinski definition) is 6. The normalized spacial score (nSPS) is 20.7. The number of rotatable bonds is 10. The van der Waals surface area contributed by atoms with Crippen molar-refractivity contribution < 1.29 is 29.4 Å². The van der Waals surface area contributed by atoms with Crippen LogP contribution in [0.25, 0.3) is 0 Å². The van der Waals surface area contributed by atoms with Crippen molar-refractivity contribution in [2.24, 2.45) is 17.6 Å². The van der Waals surface area contributed by atoms with Crippen molar-refractivity contribution >= 4 is 23.7 Å². The second-order valence-corrected chi connectivity index (χ2v) is 7.91. The largest absolute Gasteiger partial charge is 0.480 e. The lowest BCUT2D eigenvalue weighted by atomic mass is 9.97. The maximum Gasteiger partial charge on any atom is 0.328 e. The highest BCUT2D eigenvalue weighted by Crippen LogP contribution is 2.21. The van der Waals surface area contributed by atoms with E-state index in [1.807, 2.05) is 13.8 Å². The van der Waals surface area contributed by atoms with Crippen LogP contribution in [0.5, 0.6) is 0 Å². The van der Waals surface area contributed by atoms with Gasteiger partial charge in [0.2, 0.25) is 17.7 Å². The van der Waals surface area contributed by atoms with E-state index in [-0.39, 0.29) is 11.8 Å². The summed E-state index contributed by atoms with van der Waals surface area (Å²) < 4.78 is 0. The van der Waals surface area contributed by atoms with Crippen molar-refractivity contribution in [1.82, 2.24) is 15.5 Å². The van der Waals surface area contributed by atoms with Crippen molar-refractivity contribution in [1.29, 1.82) is 0 Å². The third-order valence-electron chi connectivity index (χ3n) is 5.43. The number of amides is 3. The van der Waals surface area contributed by atoms with Gasteiger partial charge in [-0.05, 0) is 24.7 Å². The van der Waals surface area contributed by atoms with Gasteiger partial charge in [0.1, 0.15) is 18.1 Å². The lowest BCUT2D eigenvalue weighted by molar-refractivity contribution is -0.146. The van der Waals surface area contributed by atoms with Crippen LogP contribution >= 0.6 is 0 Å². The zero-order valence-corrected chi connectivity index (χ0v) is 17.6. The Morgan fingerprint density at radius 2 is 1.79 bits per heavy atom. The number of aliphatic hydroxyl groups excluding tert-OH is 1. The van der Waals surface area contributed by atoms with Gasteiger partial charge >= 0.3 is 5.97 Å². The fraction of sp³-hybridized carbons (Fsp3) is 0.789. The summed E-state index contributed by atoms with van der Waals surface area (Å²) in [7, 11) is 0. The van der Waals surface area contributed by atoms with Crippen LogP contribution in [-0.2, 0) is 19.2 Å². The molecule has 0 aromatic heterocycles.